The fraction of sp³-hybridized carbons (Fsp3) is 0.167. The summed E-state index contributed by atoms with van der Waals surface area (Å²) in [5, 5.41) is 12.1. The van der Waals surface area contributed by atoms with E-state index >= 15 is 0 Å². The van der Waals surface area contributed by atoms with Crippen LogP contribution in [0.5, 0.6) is 0 Å². The van der Waals surface area contributed by atoms with Gasteiger partial charge in [0, 0.05) is 4.47 Å². The molecule has 0 aliphatic heterocycles. The van der Waals surface area contributed by atoms with E-state index in [4.69, 9.17) is 9.68 Å². The summed E-state index contributed by atoms with van der Waals surface area (Å²) in [4.78, 5) is 4.08. The average Bonchev–Trinajstić information content (AvgIpc) is 2.73. The van der Waals surface area contributed by atoms with Crippen LogP contribution in [0.4, 0.5) is 5.69 Å². The monoisotopic (exact) mass is 291 g/mol. The van der Waals surface area contributed by atoms with Gasteiger partial charge in [-0.3, -0.25) is 0 Å². The first-order valence-corrected chi connectivity index (χ1v) is 5.83. The third-order valence-corrected chi connectivity index (χ3v) is 2.69. The lowest BCUT2D eigenvalue weighted by Crippen LogP contribution is -2.01. The Kier molecular flexibility index (Phi) is 3.45. The van der Waals surface area contributed by atoms with Crippen molar-refractivity contribution >= 4 is 21.6 Å². The average molecular weight is 292 g/mol. The highest BCUT2D eigenvalue weighted by atomic mass is 79.9. The highest BCUT2D eigenvalue weighted by Gasteiger charge is 2.04. The smallest absolute Gasteiger partial charge is 0.213 e. The van der Waals surface area contributed by atoms with E-state index in [-0.39, 0.29) is 0 Å². The topological polar surface area (TPSA) is 61.9 Å². The number of nitriles is 1. The number of benzene rings is 1. The number of nitrogens with zero attached hydrogens (tertiary/aromatic N) is 2. The van der Waals surface area contributed by atoms with Crippen LogP contribution in [0.1, 0.15) is 17.2 Å². The molecule has 1 aromatic carbocycles. The van der Waals surface area contributed by atoms with Gasteiger partial charge < -0.3 is 9.73 Å². The summed E-state index contributed by atoms with van der Waals surface area (Å²) in [5.41, 5.74) is 1.36. The van der Waals surface area contributed by atoms with Crippen LogP contribution in [0.25, 0.3) is 0 Å². The SMILES string of the molecule is Cc1cnc(CNc2cc(Br)ccc2C#N)o1. The van der Waals surface area contributed by atoms with Gasteiger partial charge in [0.15, 0.2) is 0 Å². The molecule has 1 N–H and O–H groups in total. The summed E-state index contributed by atoms with van der Waals surface area (Å²) >= 11 is 3.37. The first kappa shape index (κ1) is 11.7. The van der Waals surface area contributed by atoms with Crippen LogP contribution >= 0.6 is 15.9 Å². The fourth-order valence-corrected chi connectivity index (χ4v) is 1.78. The Labute approximate surface area is 107 Å². The van der Waals surface area contributed by atoms with Crippen LogP contribution in [-0.4, -0.2) is 4.98 Å². The van der Waals surface area contributed by atoms with Crippen molar-refractivity contribution in [1.82, 2.24) is 4.98 Å². The van der Waals surface area contributed by atoms with Crippen molar-refractivity contribution in [2.45, 2.75) is 13.5 Å². The van der Waals surface area contributed by atoms with E-state index in [0.717, 1.165) is 15.9 Å². The molecule has 86 valence electrons. The molecule has 0 spiro atoms. The highest BCUT2D eigenvalue weighted by molar-refractivity contribution is 9.10. The van der Waals surface area contributed by atoms with Crippen molar-refractivity contribution in [3.05, 3.63) is 46.1 Å². The van der Waals surface area contributed by atoms with E-state index in [9.17, 15) is 0 Å². The molecule has 5 heteroatoms. The summed E-state index contributed by atoms with van der Waals surface area (Å²) in [7, 11) is 0. The third-order valence-electron chi connectivity index (χ3n) is 2.20. The number of aromatic nitrogens is 1. The molecular weight excluding hydrogens is 282 g/mol. The summed E-state index contributed by atoms with van der Waals surface area (Å²) in [5.74, 6) is 1.38. The van der Waals surface area contributed by atoms with Gasteiger partial charge >= 0.3 is 0 Å². The highest BCUT2D eigenvalue weighted by Crippen LogP contribution is 2.21. The zero-order valence-electron chi connectivity index (χ0n) is 9.20. The van der Waals surface area contributed by atoms with E-state index < -0.39 is 0 Å². The minimum Gasteiger partial charge on any atom is -0.444 e. The maximum atomic E-state index is 8.97. The predicted molar refractivity (Wildman–Crippen MR) is 67.4 cm³/mol. The van der Waals surface area contributed by atoms with Gasteiger partial charge in [0.2, 0.25) is 5.89 Å². The largest absolute Gasteiger partial charge is 0.444 e. The van der Waals surface area contributed by atoms with Crippen molar-refractivity contribution in [3.8, 4) is 6.07 Å². The van der Waals surface area contributed by atoms with E-state index in [1.807, 2.05) is 19.1 Å². The molecule has 2 aromatic rings. The molecule has 17 heavy (non-hydrogen) atoms. The second-order valence-corrected chi connectivity index (χ2v) is 4.44. The zero-order valence-corrected chi connectivity index (χ0v) is 10.8. The third kappa shape index (κ3) is 2.86. The van der Waals surface area contributed by atoms with Crippen LogP contribution in [0, 0.1) is 18.3 Å². The normalized spacial score (nSPS) is 9.94. The summed E-state index contributed by atoms with van der Waals surface area (Å²) in [6.07, 6.45) is 1.67. The van der Waals surface area contributed by atoms with Gasteiger partial charge in [-0.1, -0.05) is 15.9 Å². The van der Waals surface area contributed by atoms with Crippen molar-refractivity contribution in [2.24, 2.45) is 0 Å². The first-order valence-electron chi connectivity index (χ1n) is 5.04. The van der Waals surface area contributed by atoms with Crippen molar-refractivity contribution < 1.29 is 4.42 Å². The molecule has 0 fully saturated rings. The van der Waals surface area contributed by atoms with Gasteiger partial charge in [-0.25, -0.2) is 4.98 Å². The summed E-state index contributed by atoms with van der Waals surface area (Å²) in [6, 6.07) is 7.57. The number of aryl methyl sites for hydroxylation is 1. The quantitative estimate of drug-likeness (QED) is 0.943. The molecule has 4 nitrogen and oxygen atoms in total. The zero-order chi connectivity index (χ0) is 12.3. The summed E-state index contributed by atoms with van der Waals surface area (Å²) < 4.78 is 6.26. The number of hydrogen-bond donors (Lipinski definition) is 1. The van der Waals surface area contributed by atoms with Crippen molar-refractivity contribution in [1.29, 1.82) is 5.26 Å². The van der Waals surface area contributed by atoms with E-state index in [0.29, 0.717) is 18.0 Å². The molecule has 0 radical (unpaired) electrons. The van der Waals surface area contributed by atoms with Crippen LogP contribution in [0.15, 0.2) is 33.3 Å². The number of anilines is 1. The van der Waals surface area contributed by atoms with E-state index in [1.165, 1.54) is 0 Å². The maximum Gasteiger partial charge on any atom is 0.213 e. The Morgan fingerprint density at radius 2 is 2.35 bits per heavy atom. The van der Waals surface area contributed by atoms with Gasteiger partial charge in [0.25, 0.3) is 0 Å². The summed E-state index contributed by atoms with van der Waals surface area (Å²) in [6.45, 7) is 2.30. The Balaban J connectivity index is 2.13. The molecule has 1 aromatic heterocycles. The predicted octanol–water partition coefficient (Wildman–Crippen LogP) is 3.23. The van der Waals surface area contributed by atoms with Crippen molar-refractivity contribution in [3.63, 3.8) is 0 Å². The minimum absolute atomic E-state index is 0.457. The minimum atomic E-state index is 0.457. The standard InChI is InChI=1S/C12H10BrN3O/c1-8-6-16-12(17-8)7-15-11-4-10(13)3-2-9(11)5-14/h2-4,6,15H,7H2,1H3. The number of rotatable bonds is 3. The number of oxazole rings is 1. The number of nitrogens with one attached hydrogen (secondary N) is 1. The van der Waals surface area contributed by atoms with Crippen LogP contribution in [0.3, 0.4) is 0 Å². The van der Waals surface area contributed by atoms with Gasteiger partial charge in [0.1, 0.15) is 11.8 Å². The van der Waals surface area contributed by atoms with Crippen LogP contribution in [0.2, 0.25) is 0 Å². The van der Waals surface area contributed by atoms with E-state index in [2.05, 4.69) is 32.3 Å². The lowest BCUT2D eigenvalue weighted by molar-refractivity contribution is 0.479. The van der Waals surface area contributed by atoms with Gasteiger partial charge in [-0.15, -0.1) is 0 Å². The molecule has 0 saturated heterocycles. The first-order chi connectivity index (χ1) is 8.19. The molecule has 0 aliphatic carbocycles. The molecule has 0 bridgehead atoms. The molecule has 0 amide bonds. The fourth-order valence-electron chi connectivity index (χ4n) is 1.41. The molecule has 0 atom stereocenters. The van der Waals surface area contributed by atoms with Crippen LogP contribution < -0.4 is 5.32 Å². The second kappa shape index (κ2) is 5.02. The maximum absolute atomic E-state index is 8.97. The lowest BCUT2D eigenvalue weighted by Gasteiger charge is -2.06. The molecule has 1 heterocycles. The molecular formula is C12H10BrN3O. The van der Waals surface area contributed by atoms with Gasteiger partial charge in [-0.05, 0) is 25.1 Å². The lowest BCUT2D eigenvalue weighted by atomic mass is 10.2. The second-order valence-electron chi connectivity index (χ2n) is 3.52. The molecule has 2 rings (SSSR count). The van der Waals surface area contributed by atoms with Crippen LogP contribution in [-0.2, 0) is 6.54 Å². The Bertz CT molecular complexity index is 571. The molecule has 0 saturated carbocycles. The van der Waals surface area contributed by atoms with Gasteiger partial charge in [-0.2, -0.15) is 5.26 Å². The van der Waals surface area contributed by atoms with E-state index in [1.54, 1.807) is 12.3 Å². The molecule has 0 unspecified atom stereocenters. The van der Waals surface area contributed by atoms with Gasteiger partial charge in [0.05, 0.1) is 24.0 Å². The number of halogens is 1. The molecule has 0 aliphatic rings. The Hall–Kier alpha value is -1.80. The Morgan fingerprint density at radius 3 is 3.00 bits per heavy atom. The van der Waals surface area contributed by atoms with Crippen molar-refractivity contribution in [2.75, 3.05) is 5.32 Å². The number of hydrogen-bond acceptors (Lipinski definition) is 4. The Morgan fingerprint density at radius 1 is 1.53 bits per heavy atom.